The zero-order chi connectivity index (χ0) is 12.6. The Balaban J connectivity index is 4.24. The monoisotopic (exact) mass is 250 g/mol. The molecule has 16 heavy (non-hydrogen) atoms. The summed E-state index contributed by atoms with van der Waals surface area (Å²) >= 11 is 0. The second kappa shape index (κ2) is 8.03. The van der Waals surface area contributed by atoms with Gasteiger partial charge in [-0.1, -0.05) is 27.7 Å². The third-order valence-electron chi connectivity index (χ3n) is 2.25. The SMILES string of the molecule is CCCN(CCC)S(=O)(=O)CCNC(C)C. The summed E-state index contributed by atoms with van der Waals surface area (Å²) in [7, 11) is -3.07. The van der Waals surface area contributed by atoms with Crippen molar-refractivity contribution in [1.29, 1.82) is 0 Å². The molecule has 0 rings (SSSR count). The van der Waals surface area contributed by atoms with Crippen LogP contribution >= 0.6 is 0 Å². The van der Waals surface area contributed by atoms with Gasteiger partial charge in [0.25, 0.3) is 0 Å². The first-order chi connectivity index (χ1) is 7.44. The van der Waals surface area contributed by atoms with Gasteiger partial charge in [0.15, 0.2) is 0 Å². The molecule has 0 aromatic heterocycles. The Morgan fingerprint density at radius 3 is 2.00 bits per heavy atom. The van der Waals surface area contributed by atoms with Crippen LogP contribution in [-0.2, 0) is 10.0 Å². The largest absolute Gasteiger partial charge is 0.313 e. The number of sulfonamides is 1. The molecule has 0 saturated heterocycles. The van der Waals surface area contributed by atoms with Gasteiger partial charge in [0, 0.05) is 25.7 Å². The number of hydrogen-bond donors (Lipinski definition) is 1. The Morgan fingerprint density at radius 1 is 1.12 bits per heavy atom. The van der Waals surface area contributed by atoms with E-state index in [1.807, 2.05) is 27.7 Å². The molecule has 5 heteroatoms. The Labute approximate surface area is 100 Å². The number of rotatable bonds is 9. The standard InChI is InChI=1S/C11H26N2O2S/c1-5-8-13(9-6-2)16(14,15)10-7-12-11(3)4/h11-12H,5-10H2,1-4H3. The van der Waals surface area contributed by atoms with Crippen molar-refractivity contribution in [3.05, 3.63) is 0 Å². The van der Waals surface area contributed by atoms with E-state index >= 15 is 0 Å². The fraction of sp³-hybridized carbons (Fsp3) is 1.00. The van der Waals surface area contributed by atoms with Gasteiger partial charge in [-0.3, -0.25) is 0 Å². The lowest BCUT2D eigenvalue weighted by atomic mass is 10.4. The van der Waals surface area contributed by atoms with E-state index in [-0.39, 0.29) is 5.75 Å². The maximum atomic E-state index is 12.0. The van der Waals surface area contributed by atoms with Crippen molar-refractivity contribution < 1.29 is 8.42 Å². The summed E-state index contributed by atoms with van der Waals surface area (Å²) in [6.07, 6.45) is 1.74. The molecule has 0 unspecified atom stereocenters. The highest BCUT2D eigenvalue weighted by atomic mass is 32.2. The van der Waals surface area contributed by atoms with Gasteiger partial charge in [0.1, 0.15) is 0 Å². The van der Waals surface area contributed by atoms with Gasteiger partial charge in [-0.25, -0.2) is 12.7 Å². The molecule has 0 spiro atoms. The molecule has 0 aliphatic heterocycles. The van der Waals surface area contributed by atoms with E-state index < -0.39 is 10.0 Å². The molecule has 0 radical (unpaired) electrons. The van der Waals surface area contributed by atoms with E-state index in [4.69, 9.17) is 0 Å². The average Bonchev–Trinajstić information content (AvgIpc) is 2.16. The molecule has 0 amide bonds. The van der Waals surface area contributed by atoms with Crippen LogP contribution < -0.4 is 5.32 Å². The van der Waals surface area contributed by atoms with Gasteiger partial charge >= 0.3 is 0 Å². The summed E-state index contributed by atoms with van der Waals surface area (Å²) in [4.78, 5) is 0. The Bertz CT molecular complexity index is 257. The van der Waals surface area contributed by atoms with E-state index in [1.54, 1.807) is 4.31 Å². The van der Waals surface area contributed by atoms with Crippen molar-refractivity contribution in [3.63, 3.8) is 0 Å². The highest BCUT2D eigenvalue weighted by molar-refractivity contribution is 7.89. The van der Waals surface area contributed by atoms with Crippen LogP contribution in [0.25, 0.3) is 0 Å². The van der Waals surface area contributed by atoms with Crippen molar-refractivity contribution in [2.75, 3.05) is 25.4 Å². The van der Waals surface area contributed by atoms with E-state index in [0.29, 0.717) is 25.7 Å². The third kappa shape index (κ3) is 6.45. The van der Waals surface area contributed by atoms with Gasteiger partial charge < -0.3 is 5.32 Å². The lowest BCUT2D eigenvalue weighted by Gasteiger charge is -2.21. The minimum atomic E-state index is -3.07. The van der Waals surface area contributed by atoms with Crippen molar-refractivity contribution in [2.45, 2.75) is 46.6 Å². The minimum absolute atomic E-state index is 0.200. The molecule has 0 aromatic rings. The summed E-state index contributed by atoms with van der Waals surface area (Å²) in [6, 6.07) is 0.334. The third-order valence-corrected chi connectivity index (χ3v) is 4.12. The van der Waals surface area contributed by atoms with Crippen LogP contribution in [0.1, 0.15) is 40.5 Å². The smallest absolute Gasteiger partial charge is 0.215 e. The van der Waals surface area contributed by atoms with Crippen LogP contribution in [-0.4, -0.2) is 44.2 Å². The lowest BCUT2D eigenvalue weighted by Crippen LogP contribution is -2.38. The second-order valence-corrected chi connectivity index (χ2v) is 6.41. The molecule has 0 saturated carbocycles. The van der Waals surface area contributed by atoms with Gasteiger partial charge in [0.2, 0.25) is 10.0 Å². The highest BCUT2D eigenvalue weighted by Gasteiger charge is 2.19. The first-order valence-electron chi connectivity index (χ1n) is 6.15. The molecule has 4 nitrogen and oxygen atoms in total. The second-order valence-electron chi connectivity index (χ2n) is 4.32. The van der Waals surface area contributed by atoms with Crippen molar-refractivity contribution in [1.82, 2.24) is 9.62 Å². The van der Waals surface area contributed by atoms with E-state index in [9.17, 15) is 8.42 Å². The molecular formula is C11H26N2O2S. The van der Waals surface area contributed by atoms with Crippen LogP contribution in [0, 0.1) is 0 Å². The molecule has 0 heterocycles. The zero-order valence-electron chi connectivity index (χ0n) is 11.0. The minimum Gasteiger partial charge on any atom is -0.313 e. The molecule has 0 atom stereocenters. The molecule has 0 aliphatic carbocycles. The summed E-state index contributed by atoms with van der Waals surface area (Å²) in [6.45, 7) is 9.85. The van der Waals surface area contributed by atoms with Crippen LogP contribution in [0.5, 0.6) is 0 Å². The van der Waals surface area contributed by atoms with Crippen LogP contribution in [0.2, 0.25) is 0 Å². The Hall–Kier alpha value is -0.130. The topological polar surface area (TPSA) is 49.4 Å². The molecule has 1 N–H and O–H groups in total. The van der Waals surface area contributed by atoms with Crippen LogP contribution in [0.15, 0.2) is 0 Å². The van der Waals surface area contributed by atoms with E-state index in [1.165, 1.54) is 0 Å². The quantitative estimate of drug-likeness (QED) is 0.673. The maximum absolute atomic E-state index is 12.0. The Morgan fingerprint density at radius 2 is 1.62 bits per heavy atom. The summed E-state index contributed by atoms with van der Waals surface area (Å²) in [5.74, 6) is 0.200. The van der Waals surface area contributed by atoms with E-state index in [0.717, 1.165) is 12.8 Å². The summed E-state index contributed by atoms with van der Waals surface area (Å²) in [5, 5.41) is 3.13. The fourth-order valence-electron chi connectivity index (χ4n) is 1.49. The summed E-state index contributed by atoms with van der Waals surface area (Å²) in [5.41, 5.74) is 0. The van der Waals surface area contributed by atoms with Crippen molar-refractivity contribution in [2.24, 2.45) is 0 Å². The van der Waals surface area contributed by atoms with Crippen molar-refractivity contribution in [3.8, 4) is 0 Å². The molecule has 0 bridgehead atoms. The molecule has 0 fully saturated rings. The number of hydrogen-bond acceptors (Lipinski definition) is 3. The number of nitrogens with one attached hydrogen (secondary N) is 1. The van der Waals surface area contributed by atoms with Gasteiger partial charge in [-0.15, -0.1) is 0 Å². The highest BCUT2D eigenvalue weighted by Crippen LogP contribution is 2.03. The Kier molecular flexibility index (Phi) is 7.97. The first kappa shape index (κ1) is 15.9. The molecule has 98 valence electrons. The number of nitrogens with zero attached hydrogens (tertiary/aromatic N) is 1. The average molecular weight is 250 g/mol. The summed E-state index contributed by atoms with van der Waals surface area (Å²) < 4.78 is 25.6. The van der Waals surface area contributed by atoms with Gasteiger partial charge in [-0.2, -0.15) is 0 Å². The predicted octanol–water partition coefficient (Wildman–Crippen LogP) is 1.44. The fourth-order valence-corrected chi connectivity index (χ4v) is 3.05. The van der Waals surface area contributed by atoms with Gasteiger partial charge in [-0.05, 0) is 12.8 Å². The van der Waals surface area contributed by atoms with Crippen LogP contribution in [0.4, 0.5) is 0 Å². The molecule has 0 aromatic carbocycles. The molecule has 0 aliphatic rings. The lowest BCUT2D eigenvalue weighted by molar-refractivity contribution is 0.408. The maximum Gasteiger partial charge on any atom is 0.215 e. The first-order valence-corrected chi connectivity index (χ1v) is 7.76. The van der Waals surface area contributed by atoms with E-state index in [2.05, 4.69) is 5.32 Å². The zero-order valence-corrected chi connectivity index (χ0v) is 11.8. The molecular weight excluding hydrogens is 224 g/mol. The normalized spacial score (nSPS) is 12.6. The van der Waals surface area contributed by atoms with Crippen LogP contribution in [0.3, 0.4) is 0 Å². The van der Waals surface area contributed by atoms with Gasteiger partial charge in [0.05, 0.1) is 5.75 Å². The predicted molar refractivity (Wildman–Crippen MR) is 69.1 cm³/mol. The van der Waals surface area contributed by atoms with Crippen molar-refractivity contribution >= 4 is 10.0 Å².